The second-order valence-electron chi connectivity index (χ2n) is 9.13. The first kappa shape index (κ1) is 22.5. The quantitative estimate of drug-likeness (QED) is 0.519. The number of halogens is 1. The molecule has 4 aliphatic rings. The van der Waals surface area contributed by atoms with E-state index < -0.39 is 39.4 Å². The highest BCUT2D eigenvalue weighted by atomic mass is 35.5. The van der Waals surface area contributed by atoms with Gasteiger partial charge in [-0.15, -0.1) is 11.8 Å². The van der Waals surface area contributed by atoms with E-state index in [1.54, 1.807) is 42.2 Å². The molecule has 9 heteroatoms. The van der Waals surface area contributed by atoms with Crippen molar-refractivity contribution in [3.63, 3.8) is 0 Å². The van der Waals surface area contributed by atoms with Crippen LogP contribution >= 0.6 is 23.4 Å². The second-order valence-corrected chi connectivity index (χ2v) is 11.4. The van der Waals surface area contributed by atoms with Crippen molar-refractivity contribution in [3.05, 3.63) is 53.6 Å². The van der Waals surface area contributed by atoms with Gasteiger partial charge in [0.2, 0.25) is 5.91 Å². The number of hydrogen-bond acceptors (Lipinski definition) is 6. The molecule has 1 N–H and O–H groups in total. The van der Waals surface area contributed by atoms with Gasteiger partial charge >= 0.3 is 5.97 Å². The Bertz CT molecular complexity index is 1080. The predicted octanol–water partition coefficient (Wildman–Crippen LogP) is 2.42. The summed E-state index contributed by atoms with van der Waals surface area (Å²) in [6, 6.07) is 5.52. The summed E-state index contributed by atoms with van der Waals surface area (Å²) in [6.07, 6.45) is 7.57. The number of ether oxygens (including phenoxy) is 1. The Kier molecular flexibility index (Phi) is 5.38. The molecule has 4 heterocycles. The summed E-state index contributed by atoms with van der Waals surface area (Å²) in [5.41, 5.74) is 0.668. The largest absolute Gasteiger partial charge is 0.461 e. The van der Waals surface area contributed by atoms with E-state index in [4.69, 9.17) is 16.3 Å². The van der Waals surface area contributed by atoms with Crippen LogP contribution in [0.25, 0.3) is 0 Å². The molecule has 0 aliphatic carbocycles. The van der Waals surface area contributed by atoms with E-state index in [0.717, 1.165) is 0 Å². The molecule has 7 nitrogen and oxygen atoms in total. The lowest BCUT2D eigenvalue weighted by Crippen LogP contribution is -2.56. The summed E-state index contributed by atoms with van der Waals surface area (Å²) >= 11 is 7.52. The third-order valence-corrected chi connectivity index (χ3v) is 9.18. The van der Waals surface area contributed by atoms with Crippen molar-refractivity contribution in [2.45, 2.75) is 35.4 Å². The van der Waals surface area contributed by atoms with Crippen LogP contribution in [0.15, 0.2) is 48.6 Å². The smallest absolute Gasteiger partial charge is 0.311 e. The lowest BCUT2D eigenvalue weighted by atomic mass is 9.75. The third-order valence-electron chi connectivity index (χ3n) is 7.13. The Morgan fingerprint density at radius 1 is 1.15 bits per heavy atom. The number of anilines is 1. The van der Waals surface area contributed by atoms with Gasteiger partial charge in [-0.25, -0.2) is 0 Å². The summed E-state index contributed by atoms with van der Waals surface area (Å²) in [5, 5.41) is 10.5. The SMILES string of the molecule is C[C@H](CO)N1C(=O)[C@@H]2[C@H]3C(=O)OCC=C[C@@]3(C)S[C@@]23C=CCN(c2ccc(Cl)cc2)C(=O)C13. The van der Waals surface area contributed by atoms with Gasteiger partial charge in [0.05, 0.1) is 29.2 Å². The van der Waals surface area contributed by atoms with Crippen molar-refractivity contribution in [1.29, 1.82) is 0 Å². The van der Waals surface area contributed by atoms with Crippen LogP contribution in [0, 0.1) is 11.8 Å². The van der Waals surface area contributed by atoms with Crippen molar-refractivity contribution in [2.24, 2.45) is 11.8 Å². The maximum atomic E-state index is 14.1. The van der Waals surface area contributed by atoms with Crippen molar-refractivity contribution in [3.8, 4) is 0 Å². The Labute approximate surface area is 201 Å². The van der Waals surface area contributed by atoms with Crippen LogP contribution in [0.1, 0.15) is 13.8 Å². The molecule has 2 amide bonds. The van der Waals surface area contributed by atoms with E-state index >= 15 is 0 Å². The number of carbonyl (C=O) groups is 3. The molecule has 0 radical (unpaired) electrons. The zero-order valence-electron chi connectivity index (χ0n) is 18.3. The molecular weight excluding hydrogens is 464 g/mol. The Morgan fingerprint density at radius 2 is 1.88 bits per heavy atom. The van der Waals surface area contributed by atoms with E-state index in [1.807, 2.05) is 25.2 Å². The summed E-state index contributed by atoms with van der Waals surface area (Å²) in [5.74, 6) is -2.48. The fourth-order valence-electron chi connectivity index (χ4n) is 5.71. The van der Waals surface area contributed by atoms with Gasteiger partial charge in [-0.3, -0.25) is 14.4 Å². The molecule has 1 aromatic rings. The minimum atomic E-state index is -0.959. The van der Waals surface area contributed by atoms with E-state index in [2.05, 4.69) is 0 Å². The van der Waals surface area contributed by atoms with E-state index in [-0.39, 0.29) is 25.0 Å². The van der Waals surface area contributed by atoms with Crippen LogP contribution < -0.4 is 4.90 Å². The number of esters is 1. The first-order chi connectivity index (χ1) is 15.7. The Hall–Kier alpha value is -2.29. The molecular formula is C24H25ClN2O5S. The standard InChI is InChI=1S/C24H25ClN2O5S/c1-14(13-28)27-19-21(30)26(16-7-5-15(25)6-8-16)11-3-10-24(19)17(20(27)29)18-22(31)32-12-4-9-23(18,2)33-24/h3-10,14,17-19,28H,11-13H2,1-2H3/t14-,17+,18+,19?,23-,24+/m1/s1. The molecule has 6 atom stereocenters. The molecule has 0 bridgehead atoms. The van der Waals surface area contributed by atoms with Gasteiger partial charge < -0.3 is 19.6 Å². The zero-order chi connectivity index (χ0) is 23.5. The number of likely N-dealkylation sites (tertiary alicyclic amines) is 1. The maximum absolute atomic E-state index is 14.1. The molecule has 1 spiro atoms. The number of aliphatic hydroxyl groups excluding tert-OH is 1. The highest BCUT2D eigenvalue weighted by Crippen LogP contribution is 2.65. The first-order valence-electron chi connectivity index (χ1n) is 11.0. The molecule has 2 saturated heterocycles. The third kappa shape index (κ3) is 3.18. The molecule has 2 fully saturated rings. The van der Waals surface area contributed by atoms with Crippen molar-refractivity contribution in [1.82, 2.24) is 4.90 Å². The number of carbonyl (C=O) groups excluding carboxylic acids is 3. The number of hydrogen-bond donors (Lipinski definition) is 1. The Balaban J connectivity index is 1.67. The fourth-order valence-corrected chi connectivity index (χ4v) is 7.98. The minimum Gasteiger partial charge on any atom is -0.461 e. The normalized spacial score (nSPS) is 36.1. The minimum absolute atomic E-state index is 0.165. The summed E-state index contributed by atoms with van der Waals surface area (Å²) in [6.45, 7) is 3.85. The highest BCUT2D eigenvalue weighted by molar-refractivity contribution is 8.02. The summed E-state index contributed by atoms with van der Waals surface area (Å²) < 4.78 is 3.75. The van der Waals surface area contributed by atoms with Crippen molar-refractivity contribution < 1.29 is 24.2 Å². The van der Waals surface area contributed by atoms with Crippen LogP contribution in [0.4, 0.5) is 5.69 Å². The summed E-state index contributed by atoms with van der Waals surface area (Å²) in [4.78, 5) is 44.2. The van der Waals surface area contributed by atoms with Crippen LogP contribution in [0.5, 0.6) is 0 Å². The fraction of sp³-hybridized carbons (Fsp3) is 0.458. The number of cyclic esters (lactones) is 1. The van der Waals surface area contributed by atoms with Crippen LogP contribution in [0.2, 0.25) is 5.02 Å². The number of benzene rings is 1. The zero-order valence-corrected chi connectivity index (χ0v) is 19.9. The average molecular weight is 489 g/mol. The second kappa shape index (κ2) is 7.89. The van der Waals surface area contributed by atoms with Gasteiger partial charge in [0.1, 0.15) is 12.6 Å². The van der Waals surface area contributed by atoms with Gasteiger partial charge in [-0.2, -0.15) is 0 Å². The maximum Gasteiger partial charge on any atom is 0.311 e. The van der Waals surface area contributed by atoms with E-state index in [1.165, 1.54) is 16.7 Å². The van der Waals surface area contributed by atoms with E-state index in [9.17, 15) is 19.5 Å². The van der Waals surface area contributed by atoms with Crippen LogP contribution in [0.3, 0.4) is 0 Å². The molecule has 5 rings (SSSR count). The average Bonchev–Trinajstić information content (AvgIpc) is 3.05. The molecule has 0 aromatic heterocycles. The van der Waals surface area contributed by atoms with Gasteiger partial charge in [0.15, 0.2) is 0 Å². The van der Waals surface area contributed by atoms with Gasteiger partial charge in [-0.1, -0.05) is 29.8 Å². The monoisotopic (exact) mass is 488 g/mol. The number of fused-ring (bicyclic) bond motifs is 2. The lowest BCUT2D eigenvalue weighted by Gasteiger charge is -2.38. The van der Waals surface area contributed by atoms with Gasteiger partial charge in [0.25, 0.3) is 5.91 Å². The van der Waals surface area contributed by atoms with Crippen molar-refractivity contribution in [2.75, 3.05) is 24.7 Å². The molecule has 174 valence electrons. The lowest BCUT2D eigenvalue weighted by molar-refractivity contribution is -0.153. The number of rotatable bonds is 3. The predicted molar refractivity (Wildman–Crippen MR) is 126 cm³/mol. The first-order valence-corrected chi connectivity index (χ1v) is 12.1. The van der Waals surface area contributed by atoms with Crippen LogP contribution in [-0.4, -0.2) is 69.1 Å². The molecule has 1 aromatic carbocycles. The number of nitrogens with zero attached hydrogens (tertiary/aromatic N) is 2. The van der Waals surface area contributed by atoms with Gasteiger partial charge in [-0.05, 0) is 44.2 Å². The Morgan fingerprint density at radius 3 is 2.58 bits per heavy atom. The number of amides is 2. The number of thioether (sulfide) groups is 1. The topological polar surface area (TPSA) is 87.2 Å². The van der Waals surface area contributed by atoms with Crippen molar-refractivity contribution >= 4 is 46.8 Å². The highest BCUT2D eigenvalue weighted by Gasteiger charge is 2.74. The number of aliphatic hydroxyl groups is 1. The molecule has 33 heavy (non-hydrogen) atoms. The molecule has 0 saturated carbocycles. The van der Waals surface area contributed by atoms with E-state index in [0.29, 0.717) is 17.3 Å². The molecule has 4 aliphatic heterocycles. The van der Waals surface area contributed by atoms with Gasteiger partial charge in [0, 0.05) is 22.0 Å². The summed E-state index contributed by atoms with van der Waals surface area (Å²) in [7, 11) is 0. The molecule has 1 unspecified atom stereocenters. The van der Waals surface area contributed by atoms with Crippen LogP contribution in [-0.2, 0) is 19.1 Å².